The van der Waals surface area contributed by atoms with Gasteiger partial charge in [0, 0.05) is 49.2 Å². The highest BCUT2D eigenvalue weighted by atomic mass is 16.1. The zero-order valence-electron chi connectivity index (χ0n) is 17.9. The molecule has 158 valence electrons. The molecular weight excluding hydrogens is 378 g/mol. The fourth-order valence-corrected chi connectivity index (χ4v) is 4.56. The molecule has 4 rings (SSSR count). The first-order valence-corrected chi connectivity index (χ1v) is 10.6. The smallest absolute Gasteiger partial charge is 0.253 e. The van der Waals surface area contributed by atoms with Gasteiger partial charge in [-0.15, -0.1) is 0 Å². The normalized spacial score (nSPS) is 16.8. The van der Waals surface area contributed by atoms with Crippen molar-refractivity contribution in [2.24, 2.45) is 7.05 Å². The summed E-state index contributed by atoms with van der Waals surface area (Å²) in [6.07, 6.45) is 2.76. The summed E-state index contributed by atoms with van der Waals surface area (Å²) in [5, 5.41) is 8.54. The Labute approximate surface area is 176 Å². The topological polar surface area (TPSA) is 83.0 Å². The van der Waals surface area contributed by atoms with Crippen LogP contribution in [0.5, 0.6) is 0 Å². The van der Waals surface area contributed by atoms with Crippen LogP contribution in [-0.2, 0) is 18.3 Å². The number of aryl methyl sites for hydroxylation is 3. The van der Waals surface area contributed by atoms with E-state index in [1.54, 1.807) is 4.68 Å². The molecule has 1 fully saturated rings. The summed E-state index contributed by atoms with van der Waals surface area (Å²) < 4.78 is 1.69. The van der Waals surface area contributed by atoms with Crippen molar-refractivity contribution >= 4 is 22.6 Å². The second kappa shape index (κ2) is 8.34. The summed E-state index contributed by atoms with van der Waals surface area (Å²) >= 11 is 0. The monoisotopic (exact) mass is 407 g/mol. The second-order valence-corrected chi connectivity index (χ2v) is 8.18. The molecule has 1 unspecified atom stereocenters. The van der Waals surface area contributed by atoms with Gasteiger partial charge in [-0.3, -0.25) is 14.3 Å². The molecule has 0 spiro atoms. The Morgan fingerprint density at radius 2 is 2.03 bits per heavy atom. The number of aromatic amines is 1. The van der Waals surface area contributed by atoms with Crippen molar-refractivity contribution in [3.63, 3.8) is 0 Å². The molecule has 7 heteroatoms. The van der Waals surface area contributed by atoms with Crippen molar-refractivity contribution in [2.45, 2.75) is 45.6 Å². The summed E-state index contributed by atoms with van der Waals surface area (Å²) in [7, 11) is 1.82. The maximum Gasteiger partial charge on any atom is 0.253 e. The number of anilines is 1. The number of carbonyl (C=O) groups is 1. The highest BCUT2D eigenvalue weighted by Crippen LogP contribution is 2.22. The van der Waals surface area contributed by atoms with Crippen molar-refractivity contribution in [3.05, 3.63) is 57.5 Å². The van der Waals surface area contributed by atoms with E-state index in [0.29, 0.717) is 18.4 Å². The molecule has 0 radical (unpaired) electrons. The molecule has 3 aromatic rings. The number of rotatable bonds is 5. The van der Waals surface area contributed by atoms with Crippen LogP contribution in [0.2, 0.25) is 0 Å². The first kappa shape index (κ1) is 20.2. The lowest BCUT2D eigenvalue weighted by Crippen LogP contribution is -2.47. The summed E-state index contributed by atoms with van der Waals surface area (Å²) in [4.78, 5) is 30.5. The van der Waals surface area contributed by atoms with E-state index in [1.165, 1.54) is 5.69 Å². The number of hydrogen-bond donors (Lipinski definition) is 2. The van der Waals surface area contributed by atoms with Crippen LogP contribution in [0.1, 0.15) is 36.1 Å². The Bertz CT molecular complexity index is 1120. The average Bonchev–Trinajstić information content (AvgIpc) is 3.02. The summed E-state index contributed by atoms with van der Waals surface area (Å²) in [5.74, 6) is -0.00304. The highest BCUT2D eigenvalue weighted by molar-refractivity contribution is 5.83. The highest BCUT2D eigenvalue weighted by Gasteiger charge is 2.22. The maximum atomic E-state index is 12.6. The number of fused-ring (bicyclic) bond motifs is 1. The number of hydrogen-bond acceptors (Lipinski definition) is 4. The standard InChI is InChI=1S/C23H29N5O2/c1-15-19(23(30)25-22-21(15)16(2)26-27(22)3)11-12-20(29)24-17-8-7-13-28(14-17)18-9-5-4-6-10-18/h4-6,9-10,17H,7-8,11-14H2,1-3H3,(H,24,29)(H,25,30). The molecule has 0 aliphatic carbocycles. The number of H-pyrrole nitrogens is 1. The van der Waals surface area contributed by atoms with Crippen LogP contribution in [0, 0.1) is 13.8 Å². The Morgan fingerprint density at radius 1 is 1.27 bits per heavy atom. The van der Waals surface area contributed by atoms with Crippen LogP contribution in [0.3, 0.4) is 0 Å². The predicted molar refractivity (Wildman–Crippen MR) is 119 cm³/mol. The number of aromatic nitrogens is 3. The van der Waals surface area contributed by atoms with Gasteiger partial charge in [0.15, 0.2) is 0 Å². The van der Waals surface area contributed by atoms with Gasteiger partial charge in [0.05, 0.1) is 5.69 Å². The summed E-state index contributed by atoms with van der Waals surface area (Å²) in [6, 6.07) is 10.4. The largest absolute Gasteiger partial charge is 0.369 e. The van der Waals surface area contributed by atoms with Crippen LogP contribution >= 0.6 is 0 Å². The fourth-order valence-electron chi connectivity index (χ4n) is 4.56. The first-order chi connectivity index (χ1) is 14.4. The fraction of sp³-hybridized carbons (Fsp3) is 0.435. The molecule has 1 aliphatic heterocycles. The van der Waals surface area contributed by atoms with E-state index in [0.717, 1.165) is 48.2 Å². The first-order valence-electron chi connectivity index (χ1n) is 10.6. The van der Waals surface area contributed by atoms with Gasteiger partial charge >= 0.3 is 0 Å². The number of pyridine rings is 1. The molecule has 1 atom stereocenters. The van der Waals surface area contributed by atoms with E-state index in [-0.39, 0.29) is 17.5 Å². The lowest BCUT2D eigenvalue weighted by Gasteiger charge is -2.34. The lowest BCUT2D eigenvalue weighted by molar-refractivity contribution is -0.121. The van der Waals surface area contributed by atoms with Gasteiger partial charge in [0.25, 0.3) is 5.56 Å². The third-order valence-corrected chi connectivity index (χ3v) is 6.07. The van der Waals surface area contributed by atoms with Gasteiger partial charge in [-0.25, -0.2) is 0 Å². The van der Waals surface area contributed by atoms with Gasteiger partial charge < -0.3 is 15.2 Å². The molecule has 30 heavy (non-hydrogen) atoms. The van der Waals surface area contributed by atoms with Crippen LogP contribution in [-0.4, -0.2) is 39.8 Å². The number of nitrogens with zero attached hydrogens (tertiary/aromatic N) is 3. The van der Waals surface area contributed by atoms with Crippen molar-refractivity contribution in [2.75, 3.05) is 18.0 Å². The van der Waals surface area contributed by atoms with Gasteiger partial charge in [-0.1, -0.05) is 18.2 Å². The molecule has 2 aromatic heterocycles. The molecule has 2 N–H and O–H groups in total. The van der Waals surface area contributed by atoms with E-state index in [1.807, 2.05) is 39.1 Å². The van der Waals surface area contributed by atoms with Gasteiger partial charge in [-0.05, 0) is 50.8 Å². The van der Waals surface area contributed by atoms with Crippen LogP contribution in [0.15, 0.2) is 35.1 Å². The number of benzene rings is 1. The molecule has 1 saturated heterocycles. The molecule has 1 aliphatic rings. The summed E-state index contributed by atoms with van der Waals surface area (Å²) in [5.41, 5.74) is 4.26. The molecule has 3 heterocycles. The quantitative estimate of drug-likeness (QED) is 0.681. The zero-order chi connectivity index (χ0) is 21.3. The van der Waals surface area contributed by atoms with E-state index in [2.05, 4.69) is 32.4 Å². The minimum atomic E-state index is -0.135. The number of carbonyl (C=O) groups excluding carboxylic acids is 1. The predicted octanol–water partition coefficient (Wildman–Crippen LogP) is 2.60. The van der Waals surface area contributed by atoms with Crippen molar-refractivity contribution < 1.29 is 4.79 Å². The van der Waals surface area contributed by atoms with Crippen molar-refractivity contribution in [3.8, 4) is 0 Å². The van der Waals surface area contributed by atoms with Crippen LogP contribution in [0.4, 0.5) is 5.69 Å². The van der Waals surface area contributed by atoms with Gasteiger partial charge in [-0.2, -0.15) is 5.10 Å². The third kappa shape index (κ3) is 3.97. The zero-order valence-corrected chi connectivity index (χ0v) is 17.9. The van der Waals surface area contributed by atoms with Gasteiger partial charge in [0.1, 0.15) is 5.65 Å². The Balaban J connectivity index is 1.40. The minimum absolute atomic E-state index is 0.00304. The van der Waals surface area contributed by atoms with Crippen molar-refractivity contribution in [1.29, 1.82) is 0 Å². The second-order valence-electron chi connectivity index (χ2n) is 8.18. The molecule has 0 bridgehead atoms. The average molecular weight is 408 g/mol. The molecular formula is C23H29N5O2. The van der Waals surface area contributed by atoms with E-state index in [4.69, 9.17) is 0 Å². The van der Waals surface area contributed by atoms with E-state index >= 15 is 0 Å². The lowest BCUT2D eigenvalue weighted by atomic mass is 10.0. The number of para-hydroxylation sites is 1. The molecule has 1 aromatic carbocycles. The molecule has 1 amide bonds. The minimum Gasteiger partial charge on any atom is -0.369 e. The number of nitrogens with one attached hydrogen (secondary N) is 2. The number of piperidine rings is 1. The Hall–Kier alpha value is -3.09. The van der Waals surface area contributed by atoms with Crippen molar-refractivity contribution in [1.82, 2.24) is 20.1 Å². The van der Waals surface area contributed by atoms with E-state index < -0.39 is 0 Å². The molecule has 7 nitrogen and oxygen atoms in total. The third-order valence-electron chi connectivity index (χ3n) is 6.07. The SMILES string of the molecule is Cc1nn(C)c2[nH]c(=O)c(CCC(=O)NC3CCCN(c4ccccc4)C3)c(C)c12. The van der Waals surface area contributed by atoms with Crippen LogP contribution < -0.4 is 15.8 Å². The summed E-state index contributed by atoms with van der Waals surface area (Å²) in [6.45, 7) is 5.70. The van der Waals surface area contributed by atoms with Gasteiger partial charge in [0.2, 0.25) is 5.91 Å². The van der Waals surface area contributed by atoms with E-state index in [9.17, 15) is 9.59 Å². The Kier molecular flexibility index (Phi) is 5.61. The number of amides is 1. The molecule has 0 saturated carbocycles. The van der Waals surface area contributed by atoms with Crippen LogP contribution in [0.25, 0.3) is 11.0 Å². The Morgan fingerprint density at radius 3 is 2.80 bits per heavy atom. The maximum absolute atomic E-state index is 12.6.